The standard InChI is InChI=1S/C10H15N3O2/c1-3-12(2)9(14)7-13-6-4-5-8(11)10(13)15/h4-6H,3,7,11H2,1-2H3. The summed E-state index contributed by atoms with van der Waals surface area (Å²) in [4.78, 5) is 24.6. The molecule has 1 aromatic heterocycles. The first kappa shape index (κ1) is 11.3. The van der Waals surface area contributed by atoms with Crippen LogP contribution in [0.3, 0.4) is 0 Å². The molecule has 0 spiro atoms. The quantitative estimate of drug-likeness (QED) is 0.756. The molecule has 1 aromatic rings. The molecule has 0 atom stereocenters. The molecule has 0 saturated heterocycles. The summed E-state index contributed by atoms with van der Waals surface area (Å²) in [6.07, 6.45) is 1.56. The van der Waals surface area contributed by atoms with E-state index in [1.807, 2.05) is 6.92 Å². The Morgan fingerprint density at radius 2 is 2.27 bits per heavy atom. The fraction of sp³-hybridized carbons (Fsp3) is 0.400. The molecular formula is C10H15N3O2. The van der Waals surface area contributed by atoms with E-state index in [2.05, 4.69) is 0 Å². The van der Waals surface area contributed by atoms with Gasteiger partial charge < -0.3 is 15.2 Å². The molecule has 0 fully saturated rings. The molecule has 2 N–H and O–H groups in total. The number of nitrogens with two attached hydrogens (primary N) is 1. The molecule has 0 aliphatic heterocycles. The van der Waals surface area contributed by atoms with Gasteiger partial charge in [-0.15, -0.1) is 0 Å². The smallest absolute Gasteiger partial charge is 0.274 e. The van der Waals surface area contributed by atoms with Crippen LogP contribution in [-0.2, 0) is 11.3 Å². The maximum Gasteiger partial charge on any atom is 0.274 e. The second kappa shape index (κ2) is 4.63. The highest BCUT2D eigenvalue weighted by Gasteiger charge is 2.08. The normalized spacial score (nSPS) is 10.0. The summed E-state index contributed by atoms with van der Waals surface area (Å²) in [5, 5.41) is 0. The van der Waals surface area contributed by atoms with Crippen molar-refractivity contribution in [2.45, 2.75) is 13.5 Å². The summed E-state index contributed by atoms with van der Waals surface area (Å²) in [6, 6.07) is 3.17. The number of carbonyl (C=O) groups excluding carboxylic acids is 1. The summed E-state index contributed by atoms with van der Waals surface area (Å²) >= 11 is 0. The van der Waals surface area contributed by atoms with E-state index in [1.165, 1.54) is 10.6 Å². The number of hydrogen-bond donors (Lipinski definition) is 1. The summed E-state index contributed by atoms with van der Waals surface area (Å²) in [5.41, 5.74) is 5.28. The Kier molecular flexibility index (Phi) is 3.49. The number of anilines is 1. The van der Waals surface area contributed by atoms with Crippen LogP contribution in [0.15, 0.2) is 23.1 Å². The van der Waals surface area contributed by atoms with Crippen molar-refractivity contribution in [3.63, 3.8) is 0 Å². The van der Waals surface area contributed by atoms with Gasteiger partial charge in [0.2, 0.25) is 5.91 Å². The first-order valence-electron chi connectivity index (χ1n) is 4.75. The van der Waals surface area contributed by atoms with Crippen LogP contribution in [0.4, 0.5) is 5.69 Å². The van der Waals surface area contributed by atoms with Gasteiger partial charge in [-0.3, -0.25) is 9.59 Å². The Labute approximate surface area is 88.1 Å². The largest absolute Gasteiger partial charge is 0.394 e. The Balaban J connectivity index is 2.86. The molecule has 0 radical (unpaired) electrons. The maximum absolute atomic E-state index is 11.5. The molecule has 0 aromatic carbocycles. The lowest BCUT2D eigenvalue weighted by atomic mass is 10.4. The summed E-state index contributed by atoms with van der Waals surface area (Å²) in [5.74, 6) is -0.106. The zero-order valence-electron chi connectivity index (χ0n) is 8.93. The van der Waals surface area contributed by atoms with E-state index < -0.39 is 0 Å². The third-order valence-electron chi connectivity index (χ3n) is 2.26. The van der Waals surface area contributed by atoms with Gasteiger partial charge in [-0.25, -0.2) is 0 Å². The average Bonchev–Trinajstić information content (AvgIpc) is 2.23. The number of pyridine rings is 1. The van der Waals surface area contributed by atoms with Crippen LogP contribution in [0.2, 0.25) is 0 Å². The van der Waals surface area contributed by atoms with Crippen LogP contribution >= 0.6 is 0 Å². The summed E-state index contributed by atoms with van der Waals surface area (Å²) in [7, 11) is 1.69. The highest BCUT2D eigenvalue weighted by atomic mass is 16.2. The number of likely N-dealkylation sites (N-methyl/N-ethyl adjacent to an activating group) is 1. The minimum Gasteiger partial charge on any atom is -0.394 e. The Morgan fingerprint density at radius 1 is 1.60 bits per heavy atom. The minimum absolute atomic E-state index is 0.0359. The molecule has 82 valence electrons. The molecule has 5 heteroatoms. The van der Waals surface area contributed by atoms with E-state index >= 15 is 0 Å². The Bertz CT molecular complexity index is 411. The molecule has 0 aliphatic rings. The van der Waals surface area contributed by atoms with Crippen LogP contribution in [0.5, 0.6) is 0 Å². The second-order valence-electron chi connectivity index (χ2n) is 3.30. The first-order chi connectivity index (χ1) is 7.06. The molecule has 5 nitrogen and oxygen atoms in total. The first-order valence-corrected chi connectivity index (χ1v) is 4.75. The fourth-order valence-corrected chi connectivity index (χ4v) is 1.12. The van der Waals surface area contributed by atoms with Crippen molar-refractivity contribution in [3.8, 4) is 0 Å². The predicted octanol–water partition coefficient (Wildman–Crippen LogP) is -0.0912. The molecular weight excluding hydrogens is 194 g/mol. The SMILES string of the molecule is CCN(C)C(=O)Cn1cccc(N)c1=O. The van der Waals surface area contributed by atoms with Gasteiger partial charge in [0, 0.05) is 19.8 Å². The number of hydrogen-bond acceptors (Lipinski definition) is 3. The Hall–Kier alpha value is -1.78. The van der Waals surface area contributed by atoms with E-state index in [9.17, 15) is 9.59 Å². The van der Waals surface area contributed by atoms with Gasteiger partial charge in [0.25, 0.3) is 5.56 Å². The monoisotopic (exact) mass is 209 g/mol. The van der Waals surface area contributed by atoms with E-state index in [0.717, 1.165) is 0 Å². The van der Waals surface area contributed by atoms with Gasteiger partial charge >= 0.3 is 0 Å². The van der Waals surface area contributed by atoms with Gasteiger partial charge in [-0.2, -0.15) is 0 Å². The van der Waals surface area contributed by atoms with E-state index in [0.29, 0.717) is 6.54 Å². The van der Waals surface area contributed by atoms with Crippen molar-refractivity contribution in [1.29, 1.82) is 0 Å². The lowest BCUT2D eigenvalue weighted by Crippen LogP contribution is -2.34. The van der Waals surface area contributed by atoms with Crippen molar-refractivity contribution < 1.29 is 4.79 Å². The molecule has 1 amide bonds. The lowest BCUT2D eigenvalue weighted by molar-refractivity contribution is -0.130. The van der Waals surface area contributed by atoms with Crippen LogP contribution in [0.1, 0.15) is 6.92 Å². The van der Waals surface area contributed by atoms with E-state index in [-0.39, 0.29) is 23.7 Å². The van der Waals surface area contributed by atoms with Crippen LogP contribution in [-0.4, -0.2) is 29.0 Å². The second-order valence-corrected chi connectivity index (χ2v) is 3.30. The summed E-state index contributed by atoms with van der Waals surface area (Å²) in [6.45, 7) is 2.53. The van der Waals surface area contributed by atoms with Crippen molar-refractivity contribution in [2.24, 2.45) is 0 Å². The fourth-order valence-electron chi connectivity index (χ4n) is 1.12. The molecule has 0 aliphatic carbocycles. The topological polar surface area (TPSA) is 68.3 Å². The van der Waals surface area contributed by atoms with Gasteiger partial charge in [-0.05, 0) is 19.1 Å². The maximum atomic E-state index is 11.5. The van der Waals surface area contributed by atoms with Crippen molar-refractivity contribution >= 4 is 11.6 Å². The highest BCUT2D eigenvalue weighted by Crippen LogP contribution is 1.93. The molecule has 0 bridgehead atoms. The third kappa shape index (κ3) is 2.59. The molecule has 15 heavy (non-hydrogen) atoms. The Morgan fingerprint density at radius 3 is 2.87 bits per heavy atom. The van der Waals surface area contributed by atoms with Gasteiger partial charge in [0.15, 0.2) is 0 Å². The number of nitrogens with zero attached hydrogens (tertiary/aromatic N) is 2. The zero-order valence-corrected chi connectivity index (χ0v) is 8.93. The van der Waals surface area contributed by atoms with Crippen molar-refractivity contribution in [2.75, 3.05) is 19.3 Å². The van der Waals surface area contributed by atoms with E-state index in [1.54, 1.807) is 24.2 Å². The predicted molar refractivity (Wildman–Crippen MR) is 58.4 cm³/mol. The number of carbonyl (C=O) groups is 1. The molecule has 0 unspecified atom stereocenters. The third-order valence-corrected chi connectivity index (χ3v) is 2.26. The zero-order chi connectivity index (χ0) is 11.4. The van der Waals surface area contributed by atoms with Crippen molar-refractivity contribution in [1.82, 2.24) is 9.47 Å². The number of aromatic nitrogens is 1. The number of nitrogen functional groups attached to an aromatic ring is 1. The van der Waals surface area contributed by atoms with Crippen molar-refractivity contribution in [3.05, 3.63) is 28.7 Å². The van der Waals surface area contributed by atoms with Gasteiger partial charge in [-0.1, -0.05) is 0 Å². The molecule has 0 saturated carbocycles. The van der Waals surface area contributed by atoms with Gasteiger partial charge in [0.05, 0.1) is 5.69 Å². The van der Waals surface area contributed by atoms with E-state index in [4.69, 9.17) is 5.73 Å². The van der Waals surface area contributed by atoms with Crippen LogP contribution in [0.25, 0.3) is 0 Å². The molecule has 1 heterocycles. The minimum atomic E-state index is -0.324. The summed E-state index contributed by atoms with van der Waals surface area (Å²) < 4.78 is 1.31. The lowest BCUT2D eigenvalue weighted by Gasteiger charge is -2.15. The van der Waals surface area contributed by atoms with Crippen LogP contribution in [0, 0.1) is 0 Å². The highest BCUT2D eigenvalue weighted by molar-refractivity contribution is 5.75. The molecule has 1 rings (SSSR count). The van der Waals surface area contributed by atoms with Crippen LogP contribution < -0.4 is 11.3 Å². The van der Waals surface area contributed by atoms with Gasteiger partial charge in [0.1, 0.15) is 6.54 Å². The number of rotatable bonds is 3. The number of amides is 1. The average molecular weight is 209 g/mol.